The predicted molar refractivity (Wildman–Crippen MR) is 80.4 cm³/mol. The summed E-state index contributed by atoms with van der Waals surface area (Å²) in [5.74, 6) is 0.916. The van der Waals surface area contributed by atoms with Gasteiger partial charge in [0, 0.05) is 12.1 Å². The molecule has 2 aromatic carbocycles. The summed E-state index contributed by atoms with van der Waals surface area (Å²) in [5, 5.41) is 3.41. The van der Waals surface area contributed by atoms with Gasteiger partial charge in [0.25, 0.3) is 0 Å². The first-order valence-electron chi connectivity index (χ1n) is 6.78. The van der Waals surface area contributed by atoms with Crippen LogP contribution in [-0.4, -0.2) is 13.7 Å². The first kappa shape index (κ1) is 13.6. The summed E-state index contributed by atoms with van der Waals surface area (Å²) < 4.78 is 5.40. The van der Waals surface area contributed by atoms with Crippen molar-refractivity contribution in [3.8, 4) is 16.9 Å². The fraction of sp³-hybridized carbons (Fsp3) is 0.294. The fourth-order valence-electron chi connectivity index (χ4n) is 2.09. The minimum Gasteiger partial charge on any atom is -0.496 e. The summed E-state index contributed by atoms with van der Waals surface area (Å²) in [6.07, 6.45) is 1.17. The van der Waals surface area contributed by atoms with Crippen LogP contribution in [0.25, 0.3) is 11.1 Å². The lowest BCUT2D eigenvalue weighted by Gasteiger charge is -2.09. The molecule has 2 rings (SSSR count). The van der Waals surface area contributed by atoms with E-state index in [4.69, 9.17) is 4.74 Å². The van der Waals surface area contributed by atoms with E-state index >= 15 is 0 Å². The highest BCUT2D eigenvalue weighted by Crippen LogP contribution is 2.29. The molecule has 2 aromatic rings. The van der Waals surface area contributed by atoms with Gasteiger partial charge in [0.1, 0.15) is 5.75 Å². The van der Waals surface area contributed by atoms with Crippen molar-refractivity contribution in [1.29, 1.82) is 0 Å². The van der Waals surface area contributed by atoms with E-state index in [1.54, 1.807) is 7.11 Å². The van der Waals surface area contributed by atoms with Crippen LogP contribution in [0.4, 0.5) is 0 Å². The number of ether oxygens (including phenoxy) is 1. The van der Waals surface area contributed by atoms with Crippen LogP contribution in [0.5, 0.6) is 5.75 Å². The van der Waals surface area contributed by atoms with E-state index in [1.807, 2.05) is 18.2 Å². The van der Waals surface area contributed by atoms with Crippen molar-refractivity contribution in [2.75, 3.05) is 13.7 Å². The molecule has 2 nitrogen and oxygen atoms in total. The maximum Gasteiger partial charge on any atom is 0.126 e. The van der Waals surface area contributed by atoms with Crippen molar-refractivity contribution in [1.82, 2.24) is 5.32 Å². The number of benzene rings is 2. The van der Waals surface area contributed by atoms with Crippen LogP contribution in [0, 0.1) is 0 Å². The van der Waals surface area contributed by atoms with Crippen molar-refractivity contribution >= 4 is 0 Å². The molecule has 0 saturated carbocycles. The summed E-state index contributed by atoms with van der Waals surface area (Å²) in [6, 6.07) is 16.8. The smallest absolute Gasteiger partial charge is 0.126 e. The number of para-hydroxylation sites is 1. The Morgan fingerprint density at radius 3 is 2.42 bits per heavy atom. The highest BCUT2D eigenvalue weighted by atomic mass is 16.5. The number of methoxy groups -OCH3 is 1. The highest BCUT2D eigenvalue weighted by Gasteiger charge is 2.04. The molecule has 0 atom stereocenters. The molecule has 0 spiro atoms. The third-order valence-electron chi connectivity index (χ3n) is 3.13. The van der Waals surface area contributed by atoms with Crippen LogP contribution in [0.1, 0.15) is 18.9 Å². The Bertz CT molecular complexity index is 505. The quantitative estimate of drug-likeness (QED) is 0.791. The van der Waals surface area contributed by atoms with Crippen molar-refractivity contribution in [3.05, 3.63) is 54.1 Å². The summed E-state index contributed by atoms with van der Waals surface area (Å²) in [4.78, 5) is 0. The fourth-order valence-corrected chi connectivity index (χ4v) is 2.09. The van der Waals surface area contributed by atoms with Crippen LogP contribution >= 0.6 is 0 Å². The minimum absolute atomic E-state index is 0.916. The molecule has 19 heavy (non-hydrogen) atoms. The van der Waals surface area contributed by atoms with Gasteiger partial charge >= 0.3 is 0 Å². The normalized spacial score (nSPS) is 10.4. The van der Waals surface area contributed by atoms with E-state index in [0.717, 1.165) is 24.4 Å². The monoisotopic (exact) mass is 255 g/mol. The average Bonchev–Trinajstić information content (AvgIpc) is 2.48. The van der Waals surface area contributed by atoms with E-state index in [1.165, 1.54) is 17.5 Å². The molecule has 0 bridgehead atoms. The van der Waals surface area contributed by atoms with Gasteiger partial charge in [-0.15, -0.1) is 0 Å². The Morgan fingerprint density at radius 2 is 1.74 bits per heavy atom. The van der Waals surface area contributed by atoms with Gasteiger partial charge in [0.05, 0.1) is 7.11 Å². The first-order valence-corrected chi connectivity index (χ1v) is 6.78. The maximum atomic E-state index is 5.40. The second kappa shape index (κ2) is 6.95. The summed E-state index contributed by atoms with van der Waals surface area (Å²) in [7, 11) is 1.71. The molecular weight excluding hydrogens is 234 g/mol. The van der Waals surface area contributed by atoms with E-state index < -0.39 is 0 Å². The van der Waals surface area contributed by atoms with Gasteiger partial charge in [0.2, 0.25) is 0 Å². The van der Waals surface area contributed by atoms with Crippen LogP contribution < -0.4 is 10.1 Å². The Hall–Kier alpha value is -1.80. The van der Waals surface area contributed by atoms with Gasteiger partial charge in [-0.2, -0.15) is 0 Å². The molecule has 0 saturated heterocycles. The lowest BCUT2D eigenvalue weighted by Crippen LogP contribution is -2.13. The van der Waals surface area contributed by atoms with E-state index in [-0.39, 0.29) is 0 Å². The second-order valence-electron chi connectivity index (χ2n) is 4.57. The van der Waals surface area contributed by atoms with Crippen molar-refractivity contribution in [2.24, 2.45) is 0 Å². The molecule has 100 valence electrons. The lowest BCUT2D eigenvalue weighted by molar-refractivity contribution is 0.416. The van der Waals surface area contributed by atoms with Crippen molar-refractivity contribution < 1.29 is 4.74 Å². The molecule has 0 aliphatic heterocycles. The van der Waals surface area contributed by atoms with Gasteiger partial charge in [0.15, 0.2) is 0 Å². The molecular formula is C17H21NO. The molecule has 0 aliphatic carbocycles. The van der Waals surface area contributed by atoms with Gasteiger partial charge in [-0.05, 0) is 30.2 Å². The van der Waals surface area contributed by atoms with Gasteiger partial charge in [-0.3, -0.25) is 0 Å². The summed E-state index contributed by atoms with van der Waals surface area (Å²) in [6.45, 7) is 4.17. The Kier molecular flexibility index (Phi) is 4.99. The number of hydrogen-bond acceptors (Lipinski definition) is 2. The molecule has 0 fully saturated rings. The predicted octanol–water partition coefficient (Wildman–Crippen LogP) is 3.86. The molecule has 2 heteroatoms. The van der Waals surface area contributed by atoms with Crippen LogP contribution in [0.2, 0.25) is 0 Å². The van der Waals surface area contributed by atoms with E-state index in [2.05, 4.69) is 42.6 Å². The Labute approximate surface area is 115 Å². The van der Waals surface area contributed by atoms with E-state index in [0.29, 0.717) is 0 Å². The zero-order valence-corrected chi connectivity index (χ0v) is 11.6. The molecule has 0 aromatic heterocycles. The largest absolute Gasteiger partial charge is 0.496 e. The number of hydrogen-bond donors (Lipinski definition) is 1. The minimum atomic E-state index is 0.916. The van der Waals surface area contributed by atoms with E-state index in [9.17, 15) is 0 Å². The molecule has 0 aliphatic rings. The molecule has 0 radical (unpaired) electrons. The Balaban J connectivity index is 2.13. The molecule has 0 heterocycles. The van der Waals surface area contributed by atoms with Crippen molar-refractivity contribution in [3.63, 3.8) is 0 Å². The van der Waals surface area contributed by atoms with Crippen LogP contribution in [0.3, 0.4) is 0 Å². The molecule has 0 unspecified atom stereocenters. The highest BCUT2D eigenvalue weighted by molar-refractivity contribution is 5.70. The third-order valence-corrected chi connectivity index (χ3v) is 3.13. The maximum absolute atomic E-state index is 5.40. The van der Waals surface area contributed by atoms with Crippen LogP contribution in [-0.2, 0) is 6.54 Å². The number of rotatable bonds is 6. The third kappa shape index (κ3) is 3.58. The topological polar surface area (TPSA) is 21.3 Å². The SMILES string of the molecule is CCCNCc1ccc(-c2ccccc2OC)cc1. The zero-order chi connectivity index (χ0) is 13.5. The zero-order valence-electron chi connectivity index (χ0n) is 11.6. The Morgan fingerprint density at radius 1 is 1.00 bits per heavy atom. The second-order valence-corrected chi connectivity index (χ2v) is 4.57. The molecule has 0 amide bonds. The standard InChI is InChI=1S/C17H21NO/c1-3-12-18-13-14-8-10-15(11-9-14)16-6-4-5-7-17(16)19-2/h4-11,18H,3,12-13H2,1-2H3. The summed E-state index contributed by atoms with van der Waals surface area (Å²) >= 11 is 0. The first-order chi connectivity index (χ1) is 9.35. The summed E-state index contributed by atoms with van der Waals surface area (Å²) in [5.41, 5.74) is 3.64. The van der Waals surface area contributed by atoms with Gasteiger partial charge in [-0.25, -0.2) is 0 Å². The average molecular weight is 255 g/mol. The van der Waals surface area contributed by atoms with Crippen molar-refractivity contribution in [2.45, 2.75) is 19.9 Å². The number of nitrogens with one attached hydrogen (secondary N) is 1. The van der Waals surface area contributed by atoms with Gasteiger partial charge < -0.3 is 10.1 Å². The lowest BCUT2D eigenvalue weighted by atomic mass is 10.0. The molecule has 1 N–H and O–H groups in total. The van der Waals surface area contributed by atoms with Gasteiger partial charge in [-0.1, -0.05) is 49.4 Å². The van der Waals surface area contributed by atoms with Crippen LogP contribution in [0.15, 0.2) is 48.5 Å².